The lowest BCUT2D eigenvalue weighted by atomic mass is 10.3. The van der Waals surface area contributed by atoms with Crippen molar-refractivity contribution in [3.8, 4) is 5.75 Å². The molecule has 3 rings (SSSR count). The molecule has 0 aliphatic heterocycles. The number of anilines is 1. The maximum Gasteiger partial charge on any atom is 0.201 e. The van der Waals surface area contributed by atoms with Crippen molar-refractivity contribution < 1.29 is 4.74 Å². The molecular weight excluding hydrogens is 248 g/mol. The molecular formula is C12H12N4OS. The van der Waals surface area contributed by atoms with E-state index in [1.807, 2.05) is 28.1 Å². The molecule has 1 aromatic carbocycles. The minimum Gasteiger partial charge on any atom is -0.497 e. The molecule has 0 radical (unpaired) electrons. The van der Waals surface area contributed by atoms with Crippen molar-refractivity contribution in [2.45, 2.75) is 6.54 Å². The summed E-state index contributed by atoms with van der Waals surface area (Å²) in [5.41, 5.74) is 7.78. The van der Waals surface area contributed by atoms with Crippen LogP contribution in [0.3, 0.4) is 0 Å². The van der Waals surface area contributed by atoms with Gasteiger partial charge < -0.3 is 15.0 Å². The largest absolute Gasteiger partial charge is 0.497 e. The third-order valence-corrected chi connectivity index (χ3v) is 3.53. The molecule has 2 heterocycles. The fourth-order valence-electron chi connectivity index (χ4n) is 1.88. The zero-order valence-corrected chi connectivity index (χ0v) is 10.6. The van der Waals surface area contributed by atoms with Crippen molar-refractivity contribution in [1.82, 2.24) is 14.5 Å². The average molecular weight is 260 g/mol. The van der Waals surface area contributed by atoms with Crippen molar-refractivity contribution in [1.29, 1.82) is 0 Å². The molecule has 2 N–H and O–H groups in total. The van der Waals surface area contributed by atoms with Crippen LogP contribution in [0.4, 0.5) is 5.95 Å². The molecule has 0 bridgehead atoms. The number of benzene rings is 1. The van der Waals surface area contributed by atoms with E-state index in [1.54, 1.807) is 24.6 Å². The first-order valence-electron chi connectivity index (χ1n) is 5.46. The van der Waals surface area contributed by atoms with Crippen LogP contribution in [-0.4, -0.2) is 21.6 Å². The average Bonchev–Trinajstić information content (AvgIpc) is 2.99. The van der Waals surface area contributed by atoms with Gasteiger partial charge in [-0.1, -0.05) is 0 Å². The zero-order valence-electron chi connectivity index (χ0n) is 9.83. The Morgan fingerprint density at radius 2 is 2.33 bits per heavy atom. The zero-order chi connectivity index (χ0) is 12.5. The van der Waals surface area contributed by atoms with Gasteiger partial charge in [-0.05, 0) is 12.1 Å². The summed E-state index contributed by atoms with van der Waals surface area (Å²) in [6.45, 7) is 0.632. The Morgan fingerprint density at radius 3 is 3.06 bits per heavy atom. The van der Waals surface area contributed by atoms with E-state index in [9.17, 15) is 0 Å². The van der Waals surface area contributed by atoms with Crippen molar-refractivity contribution in [2.24, 2.45) is 0 Å². The summed E-state index contributed by atoms with van der Waals surface area (Å²) in [7, 11) is 1.64. The maximum atomic E-state index is 5.95. The quantitative estimate of drug-likeness (QED) is 0.783. The summed E-state index contributed by atoms with van der Waals surface area (Å²) in [5, 5.41) is 2.95. The molecule has 0 saturated heterocycles. The first-order valence-corrected chi connectivity index (χ1v) is 6.34. The number of aromatic nitrogens is 3. The van der Waals surface area contributed by atoms with E-state index in [0.29, 0.717) is 12.5 Å². The number of methoxy groups -OCH3 is 1. The highest BCUT2D eigenvalue weighted by Gasteiger charge is 2.10. The number of nitrogens with two attached hydrogens (primary N) is 1. The van der Waals surface area contributed by atoms with Crippen molar-refractivity contribution in [3.63, 3.8) is 0 Å². The first-order chi connectivity index (χ1) is 8.78. The Morgan fingerprint density at radius 1 is 1.44 bits per heavy atom. The van der Waals surface area contributed by atoms with Crippen LogP contribution in [0.2, 0.25) is 0 Å². The molecule has 0 aliphatic carbocycles. The molecule has 2 aromatic heterocycles. The van der Waals surface area contributed by atoms with E-state index in [2.05, 4.69) is 9.97 Å². The monoisotopic (exact) mass is 260 g/mol. The summed E-state index contributed by atoms with van der Waals surface area (Å²) in [5.74, 6) is 1.29. The lowest BCUT2D eigenvalue weighted by Gasteiger charge is -2.05. The number of fused-ring (bicyclic) bond motifs is 1. The summed E-state index contributed by atoms with van der Waals surface area (Å²) in [6.07, 6.45) is 1.79. The fraction of sp³-hybridized carbons (Fsp3) is 0.167. The molecule has 0 spiro atoms. The van der Waals surface area contributed by atoms with Crippen LogP contribution in [0, 0.1) is 0 Å². The number of nitrogens with zero attached hydrogens (tertiary/aromatic N) is 3. The Hall–Kier alpha value is -2.08. The summed E-state index contributed by atoms with van der Waals surface area (Å²) < 4.78 is 7.17. The minimum atomic E-state index is 0.494. The van der Waals surface area contributed by atoms with E-state index < -0.39 is 0 Å². The van der Waals surface area contributed by atoms with Crippen LogP contribution in [0.25, 0.3) is 11.0 Å². The van der Waals surface area contributed by atoms with Crippen molar-refractivity contribution >= 4 is 28.3 Å². The van der Waals surface area contributed by atoms with E-state index >= 15 is 0 Å². The number of thiazole rings is 1. The number of nitrogen functional groups attached to an aromatic ring is 1. The van der Waals surface area contributed by atoms with Gasteiger partial charge in [0.15, 0.2) is 0 Å². The molecule has 0 aliphatic rings. The minimum absolute atomic E-state index is 0.494. The van der Waals surface area contributed by atoms with E-state index in [-0.39, 0.29) is 0 Å². The predicted molar refractivity (Wildman–Crippen MR) is 71.9 cm³/mol. The van der Waals surface area contributed by atoms with Gasteiger partial charge in [0.2, 0.25) is 5.95 Å². The summed E-state index contributed by atoms with van der Waals surface area (Å²) >= 11 is 1.60. The van der Waals surface area contributed by atoms with E-state index in [0.717, 1.165) is 21.8 Å². The van der Waals surface area contributed by atoms with Gasteiger partial charge in [0.05, 0.1) is 24.7 Å². The van der Waals surface area contributed by atoms with Gasteiger partial charge in [0, 0.05) is 17.6 Å². The van der Waals surface area contributed by atoms with Gasteiger partial charge in [-0.15, -0.1) is 11.3 Å². The van der Waals surface area contributed by atoms with Gasteiger partial charge in [-0.2, -0.15) is 0 Å². The van der Waals surface area contributed by atoms with Crippen LogP contribution >= 0.6 is 11.3 Å². The molecule has 18 heavy (non-hydrogen) atoms. The van der Waals surface area contributed by atoms with E-state index in [1.165, 1.54) is 0 Å². The Balaban J connectivity index is 2.11. The van der Waals surface area contributed by atoms with Crippen LogP contribution in [-0.2, 0) is 6.54 Å². The molecule has 0 fully saturated rings. The van der Waals surface area contributed by atoms with Gasteiger partial charge in [0.25, 0.3) is 0 Å². The normalized spacial score (nSPS) is 10.9. The Kier molecular flexibility index (Phi) is 2.64. The highest BCUT2D eigenvalue weighted by atomic mass is 32.1. The number of imidazole rings is 1. The summed E-state index contributed by atoms with van der Waals surface area (Å²) in [6, 6.07) is 5.72. The molecule has 5 nitrogen and oxygen atoms in total. The van der Waals surface area contributed by atoms with Crippen LogP contribution in [0.1, 0.15) is 5.01 Å². The highest BCUT2D eigenvalue weighted by Crippen LogP contribution is 2.24. The molecule has 0 unspecified atom stereocenters. The van der Waals surface area contributed by atoms with Crippen molar-refractivity contribution in [2.75, 3.05) is 12.8 Å². The summed E-state index contributed by atoms with van der Waals surface area (Å²) in [4.78, 5) is 8.60. The SMILES string of the molecule is COc1ccc2nc(N)n(Cc3nccs3)c2c1. The van der Waals surface area contributed by atoms with Crippen molar-refractivity contribution in [3.05, 3.63) is 34.8 Å². The first kappa shape index (κ1) is 11.0. The van der Waals surface area contributed by atoms with Crippen LogP contribution in [0.5, 0.6) is 5.75 Å². The lowest BCUT2D eigenvalue weighted by molar-refractivity contribution is 0.415. The fourth-order valence-corrected chi connectivity index (χ4v) is 2.48. The number of ether oxygens (including phenoxy) is 1. The number of hydrogen-bond donors (Lipinski definition) is 1. The third-order valence-electron chi connectivity index (χ3n) is 2.76. The topological polar surface area (TPSA) is 66.0 Å². The molecule has 0 atom stereocenters. The van der Waals surface area contributed by atoms with Gasteiger partial charge in [-0.3, -0.25) is 0 Å². The maximum absolute atomic E-state index is 5.95. The Bertz CT molecular complexity index is 675. The lowest BCUT2D eigenvalue weighted by Crippen LogP contribution is -2.04. The molecule has 3 aromatic rings. The highest BCUT2D eigenvalue weighted by molar-refractivity contribution is 7.09. The molecule has 0 saturated carbocycles. The second kappa shape index (κ2) is 4.30. The second-order valence-electron chi connectivity index (χ2n) is 3.84. The second-order valence-corrected chi connectivity index (χ2v) is 4.82. The van der Waals surface area contributed by atoms with Gasteiger partial charge in [0.1, 0.15) is 10.8 Å². The van der Waals surface area contributed by atoms with Crippen LogP contribution in [0.15, 0.2) is 29.8 Å². The Labute approximate surface area is 108 Å². The standard InChI is InChI=1S/C12H12N4OS/c1-17-8-2-3-9-10(6-8)16(12(13)15-9)7-11-14-4-5-18-11/h2-6H,7H2,1H3,(H2,13,15). The van der Waals surface area contributed by atoms with E-state index in [4.69, 9.17) is 10.5 Å². The van der Waals surface area contributed by atoms with Gasteiger partial charge in [-0.25, -0.2) is 9.97 Å². The molecule has 92 valence electrons. The predicted octanol–water partition coefficient (Wildman–Crippen LogP) is 2.13. The molecule has 0 amide bonds. The number of hydrogen-bond acceptors (Lipinski definition) is 5. The van der Waals surface area contributed by atoms with Crippen LogP contribution < -0.4 is 10.5 Å². The van der Waals surface area contributed by atoms with Gasteiger partial charge >= 0.3 is 0 Å². The molecule has 6 heteroatoms. The third kappa shape index (κ3) is 1.80. The number of rotatable bonds is 3. The smallest absolute Gasteiger partial charge is 0.201 e.